The summed E-state index contributed by atoms with van der Waals surface area (Å²) in [6.07, 6.45) is 0.922. The van der Waals surface area contributed by atoms with Crippen molar-refractivity contribution >= 4 is 35.8 Å². The highest BCUT2D eigenvalue weighted by molar-refractivity contribution is 14.0. The molecule has 6 nitrogen and oxygen atoms in total. The van der Waals surface area contributed by atoms with Gasteiger partial charge in [0.2, 0.25) is 0 Å². The minimum absolute atomic E-state index is 0. The van der Waals surface area contributed by atoms with Crippen LogP contribution in [-0.4, -0.2) is 25.0 Å². The second-order valence-electron chi connectivity index (χ2n) is 6.91. The Bertz CT molecular complexity index is 918. The predicted octanol–water partition coefficient (Wildman–Crippen LogP) is 4.27. The number of rotatable bonds is 9. The van der Waals surface area contributed by atoms with Gasteiger partial charge in [0.05, 0.1) is 0 Å². The molecule has 7 heteroatoms. The van der Waals surface area contributed by atoms with E-state index < -0.39 is 5.91 Å². The van der Waals surface area contributed by atoms with Crippen LogP contribution in [0.1, 0.15) is 46.7 Å². The normalized spacial score (nSPS) is 11.1. The Morgan fingerprint density at radius 2 is 1.58 bits per heavy atom. The maximum absolute atomic E-state index is 11.2. The van der Waals surface area contributed by atoms with Crippen molar-refractivity contribution in [1.82, 2.24) is 10.6 Å². The van der Waals surface area contributed by atoms with Crippen molar-refractivity contribution in [3.05, 3.63) is 95.4 Å². The average Bonchev–Trinajstić information content (AvgIpc) is 3.26. The summed E-state index contributed by atoms with van der Waals surface area (Å²) in [6.45, 7) is 3.84. The SMILES string of the molecule is CCNC(=NCc1ccc(C(N)=O)o1)NCCC(c1ccccc1)c1ccccc1.I. The fourth-order valence-corrected chi connectivity index (χ4v) is 3.33. The Morgan fingerprint density at radius 1 is 0.968 bits per heavy atom. The van der Waals surface area contributed by atoms with Gasteiger partial charge < -0.3 is 20.8 Å². The number of primary amides is 1. The van der Waals surface area contributed by atoms with Crippen LogP contribution in [0.3, 0.4) is 0 Å². The summed E-state index contributed by atoms with van der Waals surface area (Å²) in [5, 5.41) is 6.64. The largest absolute Gasteiger partial charge is 0.454 e. The second-order valence-corrected chi connectivity index (χ2v) is 6.91. The Kier molecular flexibility index (Phi) is 10.1. The number of carbonyl (C=O) groups excluding carboxylic acids is 1. The molecule has 1 amide bonds. The summed E-state index contributed by atoms with van der Waals surface area (Å²) < 4.78 is 5.39. The number of furan rings is 1. The highest BCUT2D eigenvalue weighted by atomic mass is 127. The first-order valence-electron chi connectivity index (χ1n) is 10.2. The predicted molar refractivity (Wildman–Crippen MR) is 135 cm³/mol. The molecular formula is C24H29IN4O2. The lowest BCUT2D eigenvalue weighted by Gasteiger charge is -2.19. The van der Waals surface area contributed by atoms with Crippen LogP contribution in [0, 0.1) is 0 Å². The van der Waals surface area contributed by atoms with Gasteiger partial charge in [0.15, 0.2) is 11.7 Å². The highest BCUT2D eigenvalue weighted by Gasteiger charge is 2.14. The zero-order chi connectivity index (χ0) is 21.2. The van der Waals surface area contributed by atoms with Gasteiger partial charge >= 0.3 is 0 Å². The third-order valence-corrected chi connectivity index (χ3v) is 4.77. The molecule has 1 aromatic heterocycles. The van der Waals surface area contributed by atoms with E-state index in [1.54, 1.807) is 12.1 Å². The van der Waals surface area contributed by atoms with Crippen LogP contribution in [0.4, 0.5) is 0 Å². The van der Waals surface area contributed by atoms with E-state index in [-0.39, 0.29) is 29.7 Å². The van der Waals surface area contributed by atoms with Crippen molar-refractivity contribution in [1.29, 1.82) is 0 Å². The first kappa shape index (κ1) is 24.5. The number of guanidine groups is 1. The summed E-state index contributed by atoms with van der Waals surface area (Å²) in [6, 6.07) is 24.4. The van der Waals surface area contributed by atoms with Gasteiger partial charge in [-0.25, -0.2) is 4.99 Å². The number of hydrogen-bond donors (Lipinski definition) is 3. The number of carbonyl (C=O) groups is 1. The van der Waals surface area contributed by atoms with E-state index >= 15 is 0 Å². The number of aliphatic imine (C=N–C) groups is 1. The minimum atomic E-state index is -0.580. The Morgan fingerprint density at radius 3 is 2.10 bits per heavy atom. The van der Waals surface area contributed by atoms with E-state index in [4.69, 9.17) is 10.2 Å². The Labute approximate surface area is 200 Å². The van der Waals surface area contributed by atoms with Crippen LogP contribution in [0.5, 0.6) is 0 Å². The maximum atomic E-state index is 11.2. The van der Waals surface area contributed by atoms with E-state index in [1.807, 2.05) is 19.1 Å². The molecule has 0 bridgehead atoms. The van der Waals surface area contributed by atoms with Crippen molar-refractivity contribution in [2.75, 3.05) is 13.1 Å². The van der Waals surface area contributed by atoms with Gasteiger partial charge in [-0.05, 0) is 36.6 Å². The number of nitrogens with two attached hydrogens (primary N) is 1. The molecule has 31 heavy (non-hydrogen) atoms. The molecule has 0 fully saturated rings. The zero-order valence-electron chi connectivity index (χ0n) is 17.6. The Hall–Kier alpha value is -2.81. The summed E-state index contributed by atoms with van der Waals surface area (Å²) in [4.78, 5) is 15.7. The topological polar surface area (TPSA) is 92.6 Å². The number of nitrogens with one attached hydrogen (secondary N) is 2. The number of nitrogens with zero attached hydrogens (tertiary/aromatic N) is 1. The summed E-state index contributed by atoms with van der Waals surface area (Å²) >= 11 is 0. The van der Waals surface area contributed by atoms with Gasteiger partial charge in [0, 0.05) is 19.0 Å². The summed E-state index contributed by atoms with van der Waals surface area (Å²) in [5.41, 5.74) is 7.81. The van der Waals surface area contributed by atoms with E-state index in [0.29, 0.717) is 24.2 Å². The molecule has 1 heterocycles. The smallest absolute Gasteiger partial charge is 0.284 e. The van der Waals surface area contributed by atoms with Crippen molar-refractivity contribution in [3.8, 4) is 0 Å². The molecule has 0 radical (unpaired) electrons. The molecular weight excluding hydrogens is 503 g/mol. The summed E-state index contributed by atoms with van der Waals surface area (Å²) in [7, 11) is 0. The van der Waals surface area contributed by atoms with Gasteiger partial charge in [-0.15, -0.1) is 24.0 Å². The minimum Gasteiger partial charge on any atom is -0.454 e. The molecule has 3 rings (SSSR count). The zero-order valence-corrected chi connectivity index (χ0v) is 19.9. The molecule has 3 aromatic rings. The molecule has 0 aliphatic heterocycles. The summed E-state index contributed by atoms with van der Waals surface area (Å²) in [5.74, 6) is 1.16. The maximum Gasteiger partial charge on any atom is 0.284 e. The second kappa shape index (κ2) is 12.8. The van der Waals surface area contributed by atoms with E-state index in [2.05, 4.69) is 64.2 Å². The van der Waals surface area contributed by atoms with E-state index in [1.165, 1.54) is 11.1 Å². The lowest BCUT2D eigenvalue weighted by atomic mass is 9.88. The molecule has 0 atom stereocenters. The first-order valence-corrected chi connectivity index (χ1v) is 10.2. The molecule has 0 saturated carbocycles. The third-order valence-electron chi connectivity index (χ3n) is 4.77. The van der Waals surface area contributed by atoms with E-state index in [9.17, 15) is 4.79 Å². The van der Waals surface area contributed by atoms with Gasteiger partial charge in [0.25, 0.3) is 5.91 Å². The van der Waals surface area contributed by atoms with Crippen LogP contribution in [0.25, 0.3) is 0 Å². The van der Waals surface area contributed by atoms with Gasteiger partial charge in [-0.1, -0.05) is 60.7 Å². The number of halogens is 1. The van der Waals surface area contributed by atoms with Crippen LogP contribution >= 0.6 is 24.0 Å². The molecule has 0 saturated heterocycles. The van der Waals surface area contributed by atoms with Crippen molar-refractivity contribution < 1.29 is 9.21 Å². The van der Waals surface area contributed by atoms with Gasteiger partial charge in [-0.3, -0.25) is 4.79 Å². The number of amides is 1. The van der Waals surface area contributed by atoms with Crippen LogP contribution in [0.15, 0.2) is 82.2 Å². The highest BCUT2D eigenvalue weighted by Crippen LogP contribution is 2.27. The molecule has 0 spiro atoms. The number of benzene rings is 2. The fraction of sp³-hybridized carbons (Fsp3) is 0.250. The average molecular weight is 532 g/mol. The van der Waals surface area contributed by atoms with Crippen molar-refractivity contribution in [3.63, 3.8) is 0 Å². The molecule has 4 N–H and O–H groups in total. The monoisotopic (exact) mass is 532 g/mol. The molecule has 0 aliphatic carbocycles. The fourth-order valence-electron chi connectivity index (χ4n) is 3.33. The number of hydrogen-bond acceptors (Lipinski definition) is 3. The lowest BCUT2D eigenvalue weighted by Crippen LogP contribution is -2.38. The third kappa shape index (κ3) is 7.43. The Balaban J connectivity index is 0.00000341. The lowest BCUT2D eigenvalue weighted by molar-refractivity contribution is 0.0972. The van der Waals surface area contributed by atoms with Crippen LogP contribution in [0.2, 0.25) is 0 Å². The van der Waals surface area contributed by atoms with E-state index in [0.717, 1.165) is 19.5 Å². The molecule has 164 valence electrons. The van der Waals surface area contributed by atoms with Gasteiger partial charge in [0.1, 0.15) is 12.3 Å². The van der Waals surface area contributed by atoms with Crippen LogP contribution in [-0.2, 0) is 6.54 Å². The van der Waals surface area contributed by atoms with Crippen LogP contribution < -0.4 is 16.4 Å². The quantitative estimate of drug-likeness (QED) is 0.218. The molecule has 0 unspecified atom stereocenters. The standard InChI is InChI=1S/C24H28N4O2.HI/c1-2-26-24(28-17-20-13-14-22(30-20)23(25)29)27-16-15-21(18-9-5-3-6-10-18)19-11-7-4-8-12-19;/h3-14,21H,2,15-17H2,1H3,(H2,25,29)(H2,26,27,28);1H. The van der Waals surface area contributed by atoms with Gasteiger partial charge in [-0.2, -0.15) is 0 Å². The first-order chi connectivity index (χ1) is 14.7. The van der Waals surface area contributed by atoms with Crippen molar-refractivity contribution in [2.45, 2.75) is 25.8 Å². The van der Waals surface area contributed by atoms with Crippen molar-refractivity contribution in [2.24, 2.45) is 10.7 Å². The molecule has 0 aliphatic rings. The molecule has 2 aromatic carbocycles.